The standard InChI is InChI=1S/C15H19N7O2S/c1-10-17-9-13(19-10)14-12(16-2)8-18-15(21-14)20-11-4-6-22(7-5-11)25(3,23)24/h8-9,11H,4-7H2,1,3H3,(H,17,19)(H,18,20,21). The minimum absolute atomic E-state index is 0.0909. The normalized spacial score (nSPS) is 16.5. The van der Waals surface area contributed by atoms with Gasteiger partial charge in [-0.1, -0.05) is 0 Å². The Balaban J connectivity index is 1.75. The average molecular weight is 361 g/mol. The zero-order chi connectivity index (χ0) is 18.0. The Morgan fingerprint density at radius 1 is 1.32 bits per heavy atom. The lowest BCUT2D eigenvalue weighted by Crippen LogP contribution is -2.42. The van der Waals surface area contributed by atoms with Crippen LogP contribution >= 0.6 is 0 Å². The van der Waals surface area contributed by atoms with Gasteiger partial charge >= 0.3 is 0 Å². The third kappa shape index (κ3) is 3.94. The number of anilines is 1. The second-order valence-corrected chi connectivity index (χ2v) is 7.98. The first-order valence-corrected chi connectivity index (χ1v) is 9.70. The van der Waals surface area contributed by atoms with Gasteiger partial charge < -0.3 is 10.3 Å². The van der Waals surface area contributed by atoms with E-state index in [0.29, 0.717) is 49.0 Å². The molecule has 2 N–H and O–H groups in total. The van der Waals surface area contributed by atoms with Crippen molar-refractivity contribution < 1.29 is 8.42 Å². The lowest BCUT2D eigenvalue weighted by atomic mass is 10.1. The van der Waals surface area contributed by atoms with Gasteiger partial charge in [-0.25, -0.2) is 32.5 Å². The molecule has 0 aliphatic carbocycles. The van der Waals surface area contributed by atoms with Crippen LogP contribution in [0.3, 0.4) is 0 Å². The zero-order valence-electron chi connectivity index (χ0n) is 14.0. The first-order chi connectivity index (χ1) is 11.9. The first-order valence-electron chi connectivity index (χ1n) is 7.85. The second kappa shape index (κ2) is 6.78. The summed E-state index contributed by atoms with van der Waals surface area (Å²) >= 11 is 0. The molecule has 3 heterocycles. The number of aryl methyl sites for hydroxylation is 1. The third-order valence-electron chi connectivity index (χ3n) is 4.10. The van der Waals surface area contributed by atoms with E-state index >= 15 is 0 Å². The molecule has 10 heteroatoms. The summed E-state index contributed by atoms with van der Waals surface area (Å²) in [7, 11) is -3.14. The second-order valence-electron chi connectivity index (χ2n) is 6.00. The van der Waals surface area contributed by atoms with Crippen LogP contribution in [0.25, 0.3) is 16.2 Å². The van der Waals surface area contributed by atoms with Crippen molar-refractivity contribution in [2.75, 3.05) is 24.7 Å². The molecule has 0 amide bonds. The number of aromatic amines is 1. The highest BCUT2D eigenvalue weighted by Crippen LogP contribution is 2.28. The fourth-order valence-electron chi connectivity index (χ4n) is 2.78. The van der Waals surface area contributed by atoms with Gasteiger partial charge in [-0.2, -0.15) is 0 Å². The fourth-order valence-corrected chi connectivity index (χ4v) is 3.65. The first kappa shape index (κ1) is 17.3. The highest BCUT2D eigenvalue weighted by Gasteiger charge is 2.25. The highest BCUT2D eigenvalue weighted by atomic mass is 32.2. The van der Waals surface area contributed by atoms with Gasteiger partial charge in [-0.3, -0.25) is 0 Å². The number of aromatic nitrogens is 4. The number of rotatable bonds is 4. The molecule has 132 valence electrons. The molecule has 1 fully saturated rings. The summed E-state index contributed by atoms with van der Waals surface area (Å²) in [6, 6.07) is 0.0909. The van der Waals surface area contributed by atoms with Crippen LogP contribution in [0, 0.1) is 13.5 Å². The molecule has 1 aliphatic rings. The molecule has 1 saturated heterocycles. The lowest BCUT2D eigenvalue weighted by Gasteiger charge is -2.30. The van der Waals surface area contributed by atoms with Crippen molar-refractivity contribution >= 4 is 21.7 Å². The number of H-pyrrole nitrogens is 1. The van der Waals surface area contributed by atoms with Crippen molar-refractivity contribution in [2.45, 2.75) is 25.8 Å². The topological polar surface area (TPSA) is 108 Å². The Bertz CT molecular complexity index is 908. The summed E-state index contributed by atoms with van der Waals surface area (Å²) in [6.45, 7) is 10.1. The smallest absolute Gasteiger partial charge is 0.232 e. The maximum absolute atomic E-state index is 11.6. The Morgan fingerprint density at radius 2 is 2.04 bits per heavy atom. The van der Waals surface area contributed by atoms with E-state index in [0.717, 1.165) is 5.82 Å². The van der Waals surface area contributed by atoms with Crippen LogP contribution in [-0.4, -0.2) is 58.0 Å². The minimum Gasteiger partial charge on any atom is -0.351 e. The summed E-state index contributed by atoms with van der Waals surface area (Å²) in [5.41, 5.74) is 1.52. The number of hydrogen-bond donors (Lipinski definition) is 2. The van der Waals surface area contributed by atoms with Crippen molar-refractivity contribution in [2.24, 2.45) is 0 Å². The molecule has 0 saturated carbocycles. The highest BCUT2D eigenvalue weighted by molar-refractivity contribution is 7.88. The summed E-state index contributed by atoms with van der Waals surface area (Å²) < 4.78 is 24.6. The van der Waals surface area contributed by atoms with Gasteiger partial charge in [-0.15, -0.1) is 0 Å². The molecule has 0 bridgehead atoms. The SMILES string of the molecule is [C-]#[N+]c1cnc(NC2CCN(S(C)(=O)=O)CC2)nc1-c1cnc(C)[nH]1. The van der Waals surface area contributed by atoms with Gasteiger partial charge in [0.05, 0.1) is 24.7 Å². The molecular weight excluding hydrogens is 342 g/mol. The molecule has 2 aromatic rings. The van der Waals surface area contributed by atoms with E-state index in [4.69, 9.17) is 6.57 Å². The number of imidazole rings is 1. The van der Waals surface area contributed by atoms with Crippen LogP contribution in [-0.2, 0) is 10.0 Å². The molecule has 0 atom stereocenters. The summed E-state index contributed by atoms with van der Waals surface area (Å²) in [5.74, 6) is 1.17. The Hall–Kier alpha value is -2.51. The molecule has 0 unspecified atom stereocenters. The van der Waals surface area contributed by atoms with Crippen LogP contribution in [0.4, 0.5) is 11.6 Å². The largest absolute Gasteiger partial charge is 0.351 e. The number of piperidine rings is 1. The van der Waals surface area contributed by atoms with Crippen LogP contribution in [0.2, 0.25) is 0 Å². The van der Waals surface area contributed by atoms with Crippen molar-refractivity contribution in [3.8, 4) is 11.4 Å². The Kier molecular flexibility index (Phi) is 4.69. The summed E-state index contributed by atoms with van der Waals surface area (Å²) in [6.07, 6.45) is 5.71. The molecule has 0 radical (unpaired) electrons. The minimum atomic E-state index is -3.14. The molecule has 25 heavy (non-hydrogen) atoms. The van der Waals surface area contributed by atoms with Crippen LogP contribution in [0.1, 0.15) is 18.7 Å². The van der Waals surface area contributed by atoms with E-state index in [-0.39, 0.29) is 6.04 Å². The van der Waals surface area contributed by atoms with E-state index < -0.39 is 10.0 Å². The van der Waals surface area contributed by atoms with Crippen LogP contribution in [0.5, 0.6) is 0 Å². The zero-order valence-corrected chi connectivity index (χ0v) is 14.8. The predicted molar refractivity (Wildman–Crippen MR) is 93.7 cm³/mol. The number of sulfonamides is 1. The molecule has 2 aromatic heterocycles. The Morgan fingerprint density at radius 3 is 2.60 bits per heavy atom. The van der Waals surface area contributed by atoms with E-state index in [1.165, 1.54) is 16.8 Å². The quantitative estimate of drug-likeness (QED) is 0.800. The molecule has 0 aromatic carbocycles. The van der Waals surface area contributed by atoms with E-state index in [1.807, 2.05) is 6.92 Å². The van der Waals surface area contributed by atoms with Crippen molar-refractivity contribution in [1.82, 2.24) is 24.2 Å². The van der Waals surface area contributed by atoms with Crippen molar-refractivity contribution in [3.63, 3.8) is 0 Å². The molecule has 3 rings (SSSR count). The molecule has 0 spiro atoms. The molecule has 9 nitrogen and oxygen atoms in total. The average Bonchev–Trinajstić information content (AvgIpc) is 3.01. The summed E-state index contributed by atoms with van der Waals surface area (Å²) in [5, 5.41) is 3.24. The third-order valence-corrected chi connectivity index (χ3v) is 5.41. The Labute approximate surface area is 146 Å². The fraction of sp³-hybridized carbons (Fsp3) is 0.467. The van der Waals surface area contributed by atoms with Gasteiger partial charge in [0.25, 0.3) is 0 Å². The van der Waals surface area contributed by atoms with Crippen molar-refractivity contribution in [1.29, 1.82) is 0 Å². The van der Waals surface area contributed by atoms with Gasteiger partial charge in [0, 0.05) is 25.3 Å². The summed E-state index contributed by atoms with van der Waals surface area (Å²) in [4.78, 5) is 19.3. The van der Waals surface area contributed by atoms with Crippen LogP contribution in [0.15, 0.2) is 12.4 Å². The number of nitrogens with one attached hydrogen (secondary N) is 2. The van der Waals surface area contributed by atoms with Gasteiger partial charge in [-0.05, 0) is 19.8 Å². The molecule has 1 aliphatic heterocycles. The van der Waals surface area contributed by atoms with Crippen molar-refractivity contribution in [3.05, 3.63) is 29.6 Å². The number of nitrogens with zero attached hydrogens (tertiary/aromatic N) is 5. The lowest BCUT2D eigenvalue weighted by molar-refractivity contribution is 0.331. The molecular formula is C15H19N7O2S. The van der Waals surface area contributed by atoms with Gasteiger partial charge in [0.15, 0.2) is 0 Å². The maximum Gasteiger partial charge on any atom is 0.232 e. The van der Waals surface area contributed by atoms with Crippen LogP contribution < -0.4 is 5.32 Å². The monoisotopic (exact) mass is 361 g/mol. The van der Waals surface area contributed by atoms with Gasteiger partial charge in [0.1, 0.15) is 11.5 Å². The van der Waals surface area contributed by atoms with E-state index in [1.54, 1.807) is 6.20 Å². The van der Waals surface area contributed by atoms with Gasteiger partial charge in [0.2, 0.25) is 21.7 Å². The predicted octanol–water partition coefficient (Wildman–Crippen LogP) is 1.56. The number of hydrogen-bond acceptors (Lipinski definition) is 6. The van der Waals surface area contributed by atoms with E-state index in [9.17, 15) is 8.42 Å². The maximum atomic E-state index is 11.6. The van der Waals surface area contributed by atoms with E-state index in [2.05, 4.69) is 30.1 Å².